The summed E-state index contributed by atoms with van der Waals surface area (Å²) in [5, 5.41) is 0. The molecule has 0 aliphatic carbocycles. The molecule has 0 bridgehead atoms. The zero-order valence-corrected chi connectivity index (χ0v) is 3.80. The first kappa shape index (κ1) is 6.19. The lowest BCUT2D eigenvalue weighted by Crippen LogP contribution is -2.18. The van der Waals surface area contributed by atoms with Gasteiger partial charge in [-0.1, -0.05) is 0 Å². The van der Waals surface area contributed by atoms with Crippen molar-refractivity contribution in [2.24, 2.45) is 5.90 Å². The molecule has 5 heteroatoms. The average Bonchev–Trinajstić information content (AvgIpc) is 1.68. The molecule has 0 saturated carbocycles. The zero-order chi connectivity index (χ0) is 5.70. The van der Waals surface area contributed by atoms with Crippen LogP contribution in [0.15, 0.2) is 0 Å². The number of hydrogen-bond acceptors (Lipinski definition) is 5. The van der Waals surface area contributed by atoms with Gasteiger partial charge in [0, 0.05) is 7.05 Å². The number of nitrogens with one attached hydrogen (secondary N) is 1. The average molecular weight is 106 g/mol. The Morgan fingerprint density at radius 1 is 1.86 bits per heavy atom. The fourth-order valence-electron chi connectivity index (χ4n) is 0.107. The second-order valence-electron chi connectivity index (χ2n) is 0.674. The summed E-state index contributed by atoms with van der Waals surface area (Å²) in [7, 11) is 1.41. The van der Waals surface area contributed by atoms with Crippen LogP contribution in [0.1, 0.15) is 0 Å². The molecule has 5 nitrogen and oxygen atoms in total. The van der Waals surface area contributed by atoms with Gasteiger partial charge in [-0.05, 0) is 0 Å². The lowest BCUT2D eigenvalue weighted by atomic mass is 11.4. The molecule has 0 fully saturated rings. The molecule has 0 rings (SSSR count). The summed E-state index contributed by atoms with van der Waals surface area (Å²) in [5.41, 5.74) is 2.06. The molecule has 0 aromatic rings. The molecule has 3 N–H and O–H groups in total. The quantitative estimate of drug-likeness (QED) is 0.426. The van der Waals surface area contributed by atoms with E-state index in [2.05, 4.69) is 21.1 Å². The van der Waals surface area contributed by atoms with Crippen molar-refractivity contribution >= 4 is 6.16 Å². The largest absolute Gasteiger partial charge is 0.547 e. The Bertz CT molecular complexity index is 64.0. The van der Waals surface area contributed by atoms with Crippen LogP contribution in [-0.2, 0) is 9.68 Å². The van der Waals surface area contributed by atoms with E-state index in [1.54, 1.807) is 0 Å². The van der Waals surface area contributed by atoms with Gasteiger partial charge in [0.05, 0.1) is 0 Å². The number of carbonyl (C=O) groups excluding carboxylic acids is 1. The van der Waals surface area contributed by atoms with Crippen molar-refractivity contribution < 1.29 is 14.5 Å². The summed E-state index contributed by atoms with van der Waals surface area (Å²) in [6, 6.07) is 0. The Hall–Kier alpha value is -0.810. The van der Waals surface area contributed by atoms with Crippen molar-refractivity contribution in [3.63, 3.8) is 0 Å². The Morgan fingerprint density at radius 3 is 2.57 bits per heavy atom. The third-order valence-corrected chi connectivity index (χ3v) is 0.282. The molecule has 0 aromatic heterocycles. The minimum absolute atomic E-state index is 0.956. The standard InChI is InChI=1S/C2H6N2O3/c1-4-7-2(5)6-3/h4H,3H2,1H3. The lowest BCUT2D eigenvalue weighted by Gasteiger charge is -1.94. The summed E-state index contributed by atoms with van der Waals surface area (Å²) < 4.78 is 0. The maximum Gasteiger partial charge on any atom is 0.547 e. The number of hydrogen-bond donors (Lipinski definition) is 2. The van der Waals surface area contributed by atoms with E-state index >= 15 is 0 Å². The first-order chi connectivity index (χ1) is 3.31. The molecule has 0 amide bonds. The van der Waals surface area contributed by atoms with Crippen molar-refractivity contribution in [1.82, 2.24) is 5.48 Å². The number of hydroxylamine groups is 1. The van der Waals surface area contributed by atoms with Crippen LogP contribution < -0.4 is 11.4 Å². The predicted octanol–water partition coefficient (Wildman–Crippen LogP) is -0.852. The molecule has 0 saturated heterocycles. The van der Waals surface area contributed by atoms with E-state index in [9.17, 15) is 4.79 Å². The summed E-state index contributed by atoms with van der Waals surface area (Å²) >= 11 is 0. The van der Waals surface area contributed by atoms with Gasteiger partial charge in [-0.15, -0.1) is 0 Å². The van der Waals surface area contributed by atoms with Gasteiger partial charge in [0.15, 0.2) is 0 Å². The van der Waals surface area contributed by atoms with Crippen molar-refractivity contribution in [3.8, 4) is 0 Å². The van der Waals surface area contributed by atoms with E-state index in [1.165, 1.54) is 7.05 Å². The topological polar surface area (TPSA) is 73.6 Å². The maximum atomic E-state index is 9.78. The SMILES string of the molecule is CNOC(=O)ON. The first-order valence-corrected chi connectivity index (χ1v) is 1.55. The fourth-order valence-corrected chi connectivity index (χ4v) is 0.107. The van der Waals surface area contributed by atoms with Gasteiger partial charge in [-0.25, -0.2) is 0 Å². The molecule has 0 aliphatic rings. The molecule has 0 spiro atoms. The van der Waals surface area contributed by atoms with E-state index in [0.717, 1.165) is 0 Å². The van der Waals surface area contributed by atoms with Gasteiger partial charge in [-0.3, -0.25) is 0 Å². The third kappa shape index (κ3) is 3.01. The highest BCUT2D eigenvalue weighted by Crippen LogP contribution is 1.69. The van der Waals surface area contributed by atoms with Gasteiger partial charge in [0.1, 0.15) is 0 Å². The Labute approximate surface area is 40.3 Å². The van der Waals surface area contributed by atoms with E-state index in [-0.39, 0.29) is 0 Å². The van der Waals surface area contributed by atoms with Crippen LogP contribution in [0.4, 0.5) is 4.79 Å². The molecular formula is C2H6N2O3. The highest BCUT2D eigenvalue weighted by molar-refractivity contribution is 5.58. The normalized spacial score (nSPS) is 7.71. The van der Waals surface area contributed by atoms with Gasteiger partial charge >= 0.3 is 6.16 Å². The highest BCUT2D eigenvalue weighted by atomic mass is 16.8. The van der Waals surface area contributed by atoms with Crippen LogP contribution in [0.2, 0.25) is 0 Å². The zero-order valence-electron chi connectivity index (χ0n) is 3.80. The summed E-state index contributed by atoms with van der Waals surface area (Å²) in [4.78, 5) is 17.3. The van der Waals surface area contributed by atoms with Gasteiger partial charge in [0.25, 0.3) is 0 Å². The molecule has 0 unspecified atom stereocenters. The van der Waals surface area contributed by atoms with E-state index in [0.29, 0.717) is 0 Å². The fraction of sp³-hybridized carbons (Fsp3) is 0.500. The van der Waals surface area contributed by atoms with E-state index in [1.807, 2.05) is 0 Å². The maximum absolute atomic E-state index is 9.78. The highest BCUT2D eigenvalue weighted by Gasteiger charge is 1.94. The first-order valence-electron chi connectivity index (χ1n) is 1.55. The minimum atomic E-state index is -0.956. The molecule has 0 aromatic carbocycles. The summed E-state index contributed by atoms with van der Waals surface area (Å²) in [6.07, 6.45) is -0.956. The molecule has 0 atom stereocenters. The van der Waals surface area contributed by atoms with Gasteiger partial charge < -0.3 is 9.68 Å². The minimum Gasteiger partial charge on any atom is -0.340 e. The number of nitrogens with two attached hydrogens (primary N) is 1. The summed E-state index contributed by atoms with van der Waals surface area (Å²) in [5.74, 6) is 4.34. The lowest BCUT2D eigenvalue weighted by molar-refractivity contribution is 0.0240. The molecule has 7 heavy (non-hydrogen) atoms. The molecule has 0 radical (unpaired) electrons. The Kier molecular flexibility index (Phi) is 2.99. The van der Waals surface area contributed by atoms with Gasteiger partial charge in [0.2, 0.25) is 0 Å². The second kappa shape index (κ2) is 3.38. The van der Waals surface area contributed by atoms with Crippen LogP contribution in [0.3, 0.4) is 0 Å². The van der Waals surface area contributed by atoms with E-state index in [4.69, 9.17) is 0 Å². The van der Waals surface area contributed by atoms with Crippen LogP contribution in [0, 0.1) is 0 Å². The smallest absolute Gasteiger partial charge is 0.340 e. The van der Waals surface area contributed by atoms with Crippen LogP contribution >= 0.6 is 0 Å². The van der Waals surface area contributed by atoms with Crippen molar-refractivity contribution in [2.75, 3.05) is 7.05 Å². The number of carbonyl (C=O) groups is 1. The van der Waals surface area contributed by atoms with Crippen molar-refractivity contribution in [1.29, 1.82) is 0 Å². The van der Waals surface area contributed by atoms with Crippen LogP contribution in [0.5, 0.6) is 0 Å². The second-order valence-corrected chi connectivity index (χ2v) is 0.674. The Morgan fingerprint density at radius 2 is 2.43 bits per heavy atom. The van der Waals surface area contributed by atoms with Crippen molar-refractivity contribution in [2.45, 2.75) is 0 Å². The van der Waals surface area contributed by atoms with E-state index < -0.39 is 6.16 Å². The number of rotatable bonds is 1. The van der Waals surface area contributed by atoms with Crippen molar-refractivity contribution in [3.05, 3.63) is 0 Å². The summed E-state index contributed by atoms with van der Waals surface area (Å²) in [6.45, 7) is 0. The Balaban J connectivity index is 3.00. The predicted molar refractivity (Wildman–Crippen MR) is 20.8 cm³/mol. The molecule has 42 valence electrons. The molecule has 0 heterocycles. The molecule has 0 aliphatic heterocycles. The van der Waals surface area contributed by atoms with Crippen LogP contribution in [-0.4, -0.2) is 13.2 Å². The van der Waals surface area contributed by atoms with Gasteiger partial charge in [-0.2, -0.15) is 16.2 Å². The van der Waals surface area contributed by atoms with Crippen LogP contribution in [0.25, 0.3) is 0 Å². The molecular weight excluding hydrogens is 100 g/mol. The monoisotopic (exact) mass is 106 g/mol. The third-order valence-electron chi connectivity index (χ3n) is 0.282.